The van der Waals surface area contributed by atoms with E-state index in [4.69, 9.17) is 17.3 Å². The lowest BCUT2D eigenvalue weighted by Gasteiger charge is -2.35. The lowest BCUT2D eigenvalue weighted by molar-refractivity contribution is -0.123. The average molecular weight is 444 g/mol. The van der Waals surface area contributed by atoms with Crippen molar-refractivity contribution in [3.63, 3.8) is 0 Å². The van der Waals surface area contributed by atoms with Crippen LogP contribution in [0.25, 0.3) is 0 Å². The van der Waals surface area contributed by atoms with E-state index in [9.17, 15) is 14.0 Å². The Morgan fingerprint density at radius 3 is 2.67 bits per heavy atom. The van der Waals surface area contributed by atoms with Gasteiger partial charge in [0.05, 0.1) is 17.2 Å². The van der Waals surface area contributed by atoms with Crippen molar-refractivity contribution < 1.29 is 14.0 Å². The fourth-order valence-electron chi connectivity index (χ4n) is 4.07. The van der Waals surface area contributed by atoms with Gasteiger partial charge in [-0.1, -0.05) is 41.9 Å². The van der Waals surface area contributed by atoms with Crippen molar-refractivity contribution in [2.75, 3.05) is 0 Å². The number of hydrogen-bond donors (Lipinski definition) is 1. The number of benzene rings is 2. The summed E-state index contributed by atoms with van der Waals surface area (Å²) >= 11 is 7.32. The second-order valence-corrected chi connectivity index (χ2v) is 8.50. The van der Waals surface area contributed by atoms with Crippen LogP contribution in [0.2, 0.25) is 5.02 Å². The highest BCUT2D eigenvalue weighted by Gasteiger charge is 2.41. The number of nitrogens with zero attached hydrogens (tertiary/aromatic N) is 2. The molecule has 1 unspecified atom stereocenters. The van der Waals surface area contributed by atoms with E-state index in [-0.39, 0.29) is 10.9 Å². The molecule has 154 valence electrons. The van der Waals surface area contributed by atoms with E-state index in [1.54, 1.807) is 42.8 Å². The molecule has 4 rings (SSSR count). The molecule has 5 nitrogen and oxygen atoms in total. The van der Waals surface area contributed by atoms with Crippen molar-refractivity contribution in [2.45, 2.75) is 31.8 Å². The van der Waals surface area contributed by atoms with Gasteiger partial charge in [-0.05, 0) is 48.6 Å². The number of primary amides is 1. The Bertz CT molecular complexity index is 1120. The maximum atomic E-state index is 14.5. The average Bonchev–Trinajstić information content (AvgIpc) is 3.32. The minimum absolute atomic E-state index is 0.245. The number of amides is 2. The second kappa shape index (κ2) is 8.16. The lowest BCUT2D eigenvalue weighted by atomic mass is 9.98. The number of nitrogens with two attached hydrogens (primary N) is 1. The van der Waals surface area contributed by atoms with Gasteiger partial charge in [-0.3, -0.25) is 9.59 Å². The summed E-state index contributed by atoms with van der Waals surface area (Å²) in [5.74, 6) is -1.43. The molecule has 30 heavy (non-hydrogen) atoms. The molecule has 0 spiro atoms. The quantitative estimate of drug-likeness (QED) is 0.626. The van der Waals surface area contributed by atoms with E-state index < -0.39 is 23.8 Å². The molecule has 8 heteroatoms. The first kappa shape index (κ1) is 20.5. The largest absolute Gasteiger partial charge is 0.368 e. The molecule has 1 aliphatic rings. The molecule has 0 saturated carbocycles. The standard InChI is InChI=1S/C22H19ClFN3O2S/c1-12-20(30-11-26-12)22(29)27(19(21(25)28)13-5-3-2-4-6-13)18-8-7-15-16(18)9-14(23)10-17(15)24/h2-6,9-11,18-19H,7-8H2,1H3,(H2,25,28)/t18-,19?/m1/s1. The minimum Gasteiger partial charge on any atom is -0.368 e. The van der Waals surface area contributed by atoms with Crippen LogP contribution < -0.4 is 5.73 Å². The smallest absolute Gasteiger partial charge is 0.267 e. The summed E-state index contributed by atoms with van der Waals surface area (Å²) in [5.41, 5.74) is 9.67. The highest BCUT2D eigenvalue weighted by molar-refractivity contribution is 7.11. The van der Waals surface area contributed by atoms with Crippen molar-refractivity contribution in [1.82, 2.24) is 9.88 Å². The number of carbonyl (C=O) groups excluding carboxylic acids is 2. The van der Waals surface area contributed by atoms with Crippen LogP contribution in [0.1, 0.15) is 50.6 Å². The van der Waals surface area contributed by atoms with Crippen molar-refractivity contribution in [3.8, 4) is 0 Å². The van der Waals surface area contributed by atoms with Crippen LogP contribution >= 0.6 is 22.9 Å². The van der Waals surface area contributed by atoms with E-state index in [2.05, 4.69) is 4.98 Å². The summed E-state index contributed by atoms with van der Waals surface area (Å²) in [4.78, 5) is 32.4. The Labute approximate surface area is 182 Å². The summed E-state index contributed by atoms with van der Waals surface area (Å²) in [7, 11) is 0. The summed E-state index contributed by atoms with van der Waals surface area (Å²) in [6.07, 6.45) is 0.904. The predicted octanol–water partition coefficient (Wildman–Crippen LogP) is 4.60. The minimum atomic E-state index is -1.02. The van der Waals surface area contributed by atoms with E-state index in [1.807, 2.05) is 6.07 Å². The molecule has 0 saturated heterocycles. The van der Waals surface area contributed by atoms with Gasteiger partial charge in [0.2, 0.25) is 5.91 Å². The third-order valence-electron chi connectivity index (χ3n) is 5.39. The molecule has 2 N–H and O–H groups in total. The molecular formula is C22H19ClFN3O2S. The predicted molar refractivity (Wildman–Crippen MR) is 114 cm³/mol. The van der Waals surface area contributed by atoms with Gasteiger partial charge in [-0.2, -0.15) is 0 Å². The third kappa shape index (κ3) is 3.59. The Kier molecular flexibility index (Phi) is 5.58. The molecule has 1 aliphatic carbocycles. The molecule has 0 radical (unpaired) electrons. The van der Waals surface area contributed by atoms with E-state index in [1.165, 1.54) is 22.3 Å². The highest BCUT2D eigenvalue weighted by Crippen LogP contribution is 2.43. The first-order chi connectivity index (χ1) is 14.4. The van der Waals surface area contributed by atoms with Crippen LogP contribution in [0.4, 0.5) is 4.39 Å². The molecule has 0 fully saturated rings. The molecule has 2 amide bonds. The number of rotatable bonds is 5. The number of thiazole rings is 1. The second-order valence-electron chi connectivity index (χ2n) is 7.20. The molecule has 1 heterocycles. The normalized spacial score (nSPS) is 16.2. The summed E-state index contributed by atoms with van der Waals surface area (Å²) in [6, 6.07) is 10.3. The van der Waals surface area contributed by atoms with Crippen molar-refractivity contribution in [3.05, 3.63) is 86.1 Å². The fraction of sp³-hybridized carbons (Fsp3) is 0.227. The molecule has 3 aromatic rings. The number of fused-ring (bicyclic) bond motifs is 1. The van der Waals surface area contributed by atoms with Crippen LogP contribution in [0.3, 0.4) is 0 Å². The molecule has 0 bridgehead atoms. The van der Waals surface area contributed by atoms with Crippen molar-refractivity contribution in [1.29, 1.82) is 0 Å². The number of aryl methyl sites for hydroxylation is 1. The highest BCUT2D eigenvalue weighted by atomic mass is 35.5. The van der Waals surface area contributed by atoms with E-state index in [0.29, 0.717) is 40.1 Å². The number of hydrogen-bond acceptors (Lipinski definition) is 4. The summed E-state index contributed by atoms with van der Waals surface area (Å²) < 4.78 is 14.5. The molecule has 0 aliphatic heterocycles. The SMILES string of the molecule is Cc1ncsc1C(=O)N(C(C(N)=O)c1ccccc1)[C@@H]1CCc2c(F)cc(Cl)cc21. The van der Waals surface area contributed by atoms with Crippen molar-refractivity contribution >= 4 is 34.8 Å². The van der Waals surface area contributed by atoms with Gasteiger partial charge in [0.15, 0.2) is 0 Å². The lowest BCUT2D eigenvalue weighted by Crippen LogP contribution is -2.43. The van der Waals surface area contributed by atoms with Crippen LogP contribution in [0.15, 0.2) is 48.0 Å². The van der Waals surface area contributed by atoms with Gasteiger partial charge in [0.25, 0.3) is 5.91 Å². The van der Waals surface area contributed by atoms with Crippen LogP contribution in [0.5, 0.6) is 0 Å². The molecule has 2 aromatic carbocycles. The van der Waals surface area contributed by atoms with Crippen LogP contribution in [0, 0.1) is 12.7 Å². The zero-order valence-corrected chi connectivity index (χ0v) is 17.7. The topological polar surface area (TPSA) is 76.3 Å². The Balaban J connectivity index is 1.89. The van der Waals surface area contributed by atoms with Gasteiger partial charge in [-0.15, -0.1) is 11.3 Å². The summed E-state index contributed by atoms with van der Waals surface area (Å²) in [5, 5.41) is 0.245. The summed E-state index contributed by atoms with van der Waals surface area (Å²) in [6.45, 7) is 1.74. The van der Waals surface area contributed by atoms with Crippen molar-refractivity contribution in [2.24, 2.45) is 5.73 Å². The molecule has 2 atom stereocenters. The third-order valence-corrected chi connectivity index (χ3v) is 6.53. The van der Waals surface area contributed by atoms with E-state index >= 15 is 0 Å². The Hall–Kier alpha value is -2.77. The number of aromatic nitrogens is 1. The zero-order chi connectivity index (χ0) is 21.4. The first-order valence-corrected chi connectivity index (χ1v) is 10.7. The van der Waals surface area contributed by atoms with Gasteiger partial charge >= 0.3 is 0 Å². The Morgan fingerprint density at radius 1 is 1.30 bits per heavy atom. The maximum absolute atomic E-state index is 14.5. The van der Waals surface area contributed by atoms with Crippen LogP contribution in [-0.4, -0.2) is 21.7 Å². The van der Waals surface area contributed by atoms with Gasteiger partial charge in [0, 0.05) is 5.02 Å². The monoisotopic (exact) mass is 443 g/mol. The number of halogens is 2. The fourth-order valence-corrected chi connectivity index (χ4v) is 5.03. The number of carbonyl (C=O) groups is 2. The van der Waals surface area contributed by atoms with Crippen LogP contribution in [-0.2, 0) is 11.2 Å². The molecule has 1 aromatic heterocycles. The zero-order valence-electron chi connectivity index (χ0n) is 16.1. The molecular weight excluding hydrogens is 425 g/mol. The van der Waals surface area contributed by atoms with Gasteiger partial charge in [-0.25, -0.2) is 9.37 Å². The Morgan fingerprint density at radius 2 is 2.03 bits per heavy atom. The first-order valence-electron chi connectivity index (χ1n) is 9.43. The van der Waals surface area contributed by atoms with Gasteiger partial charge in [0.1, 0.15) is 16.7 Å². The maximum Gasteiger partial charge on any atom is 0.267 e. The van der Waals surface area contributed by atoms with Gasteiger partial charge < -0.3 is 10.6 Å². The van der Waals surface area contributed by atoms with E-state index in [0.717, 1.165) is 0 Å².